The normalized spacial score (nSPS) is 26.9. The van der Waals surface area contributed by atoms with E-state index in [9.17, 15) is 14.8 Å². The number of alkyl halides is 1. The second-order valence-electron chi connectivity index (χ2n) is 7.17. The molecule has 0 bridgehead atoms. The monoisotopic (exact) mass is 492 g/mol. The molecule has 0 amide bonds. The maximum atomic E-state index is 15.7. The number of para-hydroxylation sites is 1. The minimum atomic E-state index is -3.07. The molecule has 1 saturated heterocycles. The molecule has 4 rings (SSSR count). The van der Waals surface area contributed by atoms with Crippen molar-refractivity contribution in [3.63, 3.8) is 0 Å². The van der Waals surface area contributed by atoms with Gasteiger partial charge >= 0.3 is 8.25 Å². The van der Waals surface area contributed by atoms with Gasteiger partial charge in [-0.15, -0.1) is 10.9 Å². The standard InChI is InChI=1S/C20H20FN5O7P/c1-3-19(28)16(27)20(21,10-31-34(29)33-12-8-6-5-7-9-12)32-17(19)26-11-23-13-14(26)24-18(22)25-15(13)30-4-2/h1,5-9,11,16-17,27-28H,4,10H2,2H3,(H2,22,24,25)/q+1/t16-,17?,19+,20+/m0/s1. The number of imidazole rings is 1. The molecule has 0 saturated carbocycles. The molecular weight excluding hydrogens is 472 g/mol. The number of anilines is 1. The van der Waals surface area contributed by atoms with Crippen LogP contribution >= 0.6 is 8.25 Å². The number of hydrogen-bond acceptors (Lipinski definition) is 11. The average molecular weight is 492 g/mol. The number of nitrogen functional groups attached to an aromatic ring is 1. The fourth-order valence-corrected chi connectivity index (χ4v) is 4.01. The van der Waals surface area contributed by atoms with Gasteiger partial charge in [-0.25, -0.2) is 13.9 Å². The van der Waals surface area contributed by atoms with Crippen LogP contribution in [0.5, 0.6) is 11.6 Å². The van der Waals surface area contributed by atoms with Crippen molar-refractivity contribution in [2.75, 3.05) is 18.9 Å². The Morgan fingerprint density at radius 2 is 2.12 bits per heavy atom. The van der Waals surface area contributed by atoms with Gasteiger partial charge in [-0.1, -0.05) is 24.1 Å². The highest BCUT2D eigenvalue weighted by Crippen LogP contribution is 2.47. The first-order chi connectivity index (χ1) is 16.2. The number of halogens is 1. The van der Waals surface area contributed by atoms with Crippen LogP contribution in [0.3, 0.4) is 0 Å². The van der Waals surface area contributed by atoms with Gasteiger partial charge in [-0.05, 0) is 19.1 Å². The number of nitrogens with zero attached hydrogens (tertiary/aromatic N) is 4. The summed E-state index contributed by atoms with van der Waals surface area (Å²) in [4.78, 5) is 12.1. The number of aliphatic hydroxyl groups is 2. The van der Waals surface area contributed by atoms with Gasteiger partial charge in [0.25, 0.3) is 5.85 Å². The second kappa shape index (κ2) is 9.09. The maximum absolute atomic E-state index is 15.7. The molecule has 0 spiro atoms. The molecule has 3 aromatic rings. The Balaban J connectivity index is 1.61. The fourth-order valence-electron chi connectivity index (χ4n) is 3.39. The number of rotatable bonds is 8. The van der Waals surface area contributed by atoms with Crippen molar-refractivity contribution in [1.82, 2.24) is 19.5 Å². The molecule has 178 valence electrons. The summed E-state index contributed by atoms with van der Waals surface area (Å²) in [6.45, 7) is 0.891. The summed E-state index contributed by atoms with van der Waals surface area (Å²) in [5.41, 5.74) is 3.28. The van der Waals surface area contributed by atoms with Gasteiger partial charge < -0.3 is 25.4 Å². The highest BCUT2D eigenvalue weighted by atomic mass is 31.1. The zero-order valence-corrected chi connectivity index (χ0v) is 18.6. The maximum Gasteiger partial charge on any atom is 0.750 e. The molecule has 12 nitrogen and oxygen atoms in total. The number of benzene rings is 1. The minimum Gasteiger partial charge on any atom is -0.476 e. The van der Waals surface area contributed by atoms with Crippen LogP contribution in [0.25, 0.3) is 11.2 Å². The third-order valence-electron chi connectivity index (χ3n) is 4.97. The summed E-state index contributed by atoms with van der Waals surface area (Å²) < 4.78 is 49.5. The van der Waals surface area contributed by atoms with Gasteiger partial charge in [0.2, 0.25) is 17.4 Å². The van der Waals surface area contributed by atoms with Crippen molar-refractivity contribution in [3.8, 4) is 24.0 Å². The van der Waals surface area contributed by atoms with Gasteiger partial charge in [-0.2, -0.15) is 9.97 Å². The molecule has 1 fully saturated rings. The Labute approximate surface area is 193 Å². The first-order valence-corrected chi connectivity index (χ1v) is 11.0. The molecule has 4 N–H and O–H groups in total. The zero-order chi connectivity index (χ0) is 24.5. The summed E-state index contributed by atoms with van der Waals surface area (Å²) in [6.07, 6.45) is 2.56. The van der Waals surface area contributed by atoms with Crippen molar-refractivity contribution < 1.29 is 37.7 Å². The highest BCUT2D eigenvalue weighted by Gasteiger charge is 2.66. The van der Waals surface area contributed by atoms with Crippen LogP contribution in [-0.4, -0.2) is 60.5 Å². The first-order valence-electron chi connectivity index (χ1n) is 9.92. The van der Waals surface area contributed by atoms with E-state index in [1.165, 1.54) is 12.1 Å². The van der Waals surface area contributed by atoms with E-state index >= 15 is 4.39 Å². The molecule has 34 heavy (non-hydrogen) atoms. The molecule has 1 aliphatic heterocycles. The molecule has 0 radical (unpaired) electrons. The molecule has 3 heterocycles. The minimum absolute atomic E-state index is 0.00507. The van der Waals surface area contributed by atoms with E-state index in [0.29, 0.717) is 0 Å². The van der Waals surface area contributed by atoms with Crippen LogP contribution in [-0.2, 0) is 13.8 Å². The summed E-state index contributed by atoms with van der Waals surface area (Å²) in [5.74, 6) is -1.04. The molecule has 5 atom stereocenters. The lowest BCUT2D eigenvalue weighted by molar-refractivity contribution is -0.202. The van der Waals surface area contributed by atoms with E-state index in [4.69, 9.17) is 30.7 Å². The quantitative estimate of drug-likeness (QED) is 0.308. The van der Waals surface area contributed by atoms with Gasteiger partial charge in [0.05, 0.1) is 12.9 Å². The van der Waals surface area contributed by atoms with E-state index in [1.807, 2.05) is 5.92 Å². The number of terminal acetylenes is 1. The number of aromatic nitrogens is 4. The summed E-state index contributed by atoms with van der Waals surface area (Å²) in [7, 11) is -2.85. The Morgan fingerprint density at radius 3 is 2.79 bits per heavy atom. The number of fused-ring (bicyclic) bond motifs is 1. The fraction of sp³-hybridized carbons (Fsp3) is 0.350. The van der Waals surface area contributed by atoms with E-state index < -0.39 is 38.6 Å². The first kappa shape index (κ1) is 23.7. The number of aliphatic hydroxyl groups excluding tert-OH is 1. The summed E-state index contributed by atoms with van der Waals surface area (Å²) in [5, 5.41) is 21.6. The molecule has 0 aliphatic carbocycles. The second-order valence-corrected chi connectivity index (χ2v) is 8.06. The Bertz CT molecular complexity index is 1260. The highest BCUT2D eigenvalue weighted by molar-refractivity contribution is 7.33. The Hall–Kier alpha value is -3.40. The van der Waals surface area contributed by atoms with Gasteiger partial charge in [-0.3, -0.25) is 4.57 Å². The van der Waals surface area contributed by atoms with E-state index in [0.717, 1.165) is 10.9 Å². The van der Waals surface area contributed by atoms with Crippen molar-refractivity contribution in [1.29, 1.82) is 0 Å². The van der Waals surface area contributed by atoms with E-state index in [2.05, 4.69) is 15.0 Å². The molecule has 2 unspecified atom stereocenters. The Kier molecular flexibility index (Phi) is 6.35. The lowest BCUT2D eigenvalue weighted by Crippen LogP contribution is -2.50. The molecule has 1 aromatic carbocycles. The largest absolute Gasteiger partial charge is 0.750 e. The third kappa shape index (κ3) is 4.13. The average Bonchev–Trinajstić information content (AvgIpc) is 3.32. The topological polar surface area (TPSA) is 164 Å². The van der Waals surface area contributed by atoms with Crippen LogP contribution in [0.15, 0.2) is 36.7 Å². The molecule has 2 aromatic heterocycles. The van der Waals surface area contributed by atoms with E-state index in [1.54, 1.807) is 25.1 Å². The van der Waals surface area contributed by atoms with Crippen LogP contribution in [0.4, 0.5) is 10.3 Å². The Morgan fingerprint density at radius 1 is 1.38 bits per heavy atom. The van der Waals surface area contributed by atoms with Crippen LogP contribution in [0.2, 0.25) is 0 Å². The van der Waals surface area contributed by atoms with Crippen molar-refractivity contribution in [2.24, 2.45) is 0 Å². The molecular formula is C20H20FN5O7P+. The number of nitrogens with two attached hydrogens (primary N) is 1. The van der Waals surface area contributed by atoms with Crippen molar-refractivity contribution in [3.05, 3.63) is 36.7 Å². The SMILES string of the molecule is C#C[C@]1(O)C(n2cnc3c(OCC)nc(N)nc32)O[C@](F)(CO[P+](=O)Oc2ccccc2)[C@H]1O. The van der Waals surface area contributed by atoms with Gasteiger partial charge in [0.15, 0.2) is 35.9 Å². The third-order valence-corrected chi connectivity index (χ3v) is 5.67. The lowest BCUT2D eigenvalue weighted by Gasteiger charge is -2.26. The van der Waals surface area contributed by atoms with Crippen LogP contribution in [0.1, 0.15) is 13.2 Å². The predicted molar refractivity (Wildman–Crippen MR) is 115 cm³/mol. The smallest absolute Gasteiger partial charge is 0.476 e. The van der Waals surface area contributed by atoms with E-state index in [-0.39, 0.29) is 35.3 Å². The van der Waals surface area contributed by atoms with Gasteiger partial charge in [0, 0.05) is 4.57 Å². The van der Waals surface area contributed by atoms with Crippen molar-refractivity contribution in [2.45, 2.75) is 30.7 Å². The predicted octanol–water partition coefficient (Wildman–Crippen LogP) is 1.48. The van der Waals surface area contributed by atoms with Gasteiger partial charge in [0.1, 0.15) is 0 Å². The summed E-state index contributed by atoms with van der Waals surface area (Å²) >= 11 is 0. The number of ether oxygens (including phenoxy) is 2. The zero-order valence-electron chi connectivity index (χ0n) is 17.7. The number of hydrogen-bond donors (Lipinski definition) is 3. The summed E-state index contributed by atoms with van der Waals surface area (Å²) in [6, 6.07) is 8.03. The van der Waals surface area contributed by atoms with Crippen LogP contribution in [0, 0.1) is 12.3 Å². The van der Waals surface area contributed by atoms with Crippen molar-refractivity contribution >= 4 is 25.4 Å². The molecule has 14 heteroatoms. The molecule has 1 aliphatic rings. The van der Waals surface area contributed by atoms with Crippen LogP contribution < -0.4 is 15.0 Å². The lowest BCUT2D eigenvalue weighted by atomic mass is 9.94.